The van der Waals surface area contributed by atoms with Gasteiger partial charge in [0, 0.05) is 12.7 Å². The van der Waals surface area contributed by atoms with Gasteiger partial charge in [-0.15, -0.1) is 0 Å². The first-order valence-corrected chi connectivity index (χ1v) is 6.10. The lowest BCUT2D eigenvalue weighted by molar-refractivity contribution is 0.295. The number of ether oxygens (including phenoxy) is 1. The molecule has 0 aliphatic rings. The molecule has 0 aliphatic carbocycles. The van der Waals surface area contributed by atoms with Crippen LogP contribution in [0, 0.1) is 6.92 Å². The van der Waals surface area contributed by atoms with Gasteiger partial charge in [-0.2, -0.15) is 5.10 Å². The van der Waals surface area contributed by atoms with Crippen molar-refractivity contribution in [2.45, 2.75) is 13.5 Å². The average Bonchev–Trinajstić information content (AvgIpc) is 2.55. The molecule has 18 heavy (non-hydrogen) atoms. The SMILES string of the molecule is Cc1cc(COc2c(Cl)cc(N)cc2Cl)n(C)n1. The molecule has 0 unspecified atom stereocenters. The van der Waals surface area contributed by atoms with Crippen molar-refractivity contribution >= 4 is 28.9 Å². The molecule has 0 spiro atoms. The molecular formula is C12H13Cl2N3O. The van der Waals surface area contributed by atoms with Crippen molar-refractivity contribution in [3.63, 3.8) is 0 Å². The summed E-state index contributed by atoms with van der Waals surface area (Å²) in [5.41, 5.74) is 8.01. The molecule has 0 amide bonds. The van der Waals surface area contributed by atoms with E-state index in [0.29, 0.717) is 28.1 Å². The molecule has 0 saturated heterocycles. The summed E-state index contributed by atoms with van der Waals surface area (Å²) in [5.74, 6) is 0.436. The summed E-state index contributed by atoms with van der Waals surface area (Å²) in [6.45, 7) is 2.27. The third kappa shape index (κ3) is 2.71. The van der Waals surface area contributed by atoms with E-state index in [4.69, 9.17) is 33.7 Å². The average molecular weight is 286 g/mol. The van der Waals surface area contributed by atoms with E-state index in [1.807, 2.05) is 20.0 Å². The predicted molar refractivity (Wildman–Crippen MR) is 73.2 cm³/mol. The standard InChI is InChI=1S/C12H13Cl2N3O/c1-7-3-9(17(2)16-7)6-18-12-10(13)4-8(15)5-11(12)14/h3-5H,6,15H2,1-2H3. The maximum absolute atomic E-state index is 6.03. The second-order valence-electron chi connectivity index (χ2n) is 4.00. The van der Waals surface area contributed by atoms with E-state index in [2.05, 4.69) is 5.10 Å². The van der Waals surface area contributed by atoms with E-state index in [0.717, 1.165) is 11.4 Å². The zero-order valence-corrected chi connectivity index (χ0v) is 11.6. The number of rotatable bonds is 3. The van der Waals surface area contributed by atoms with Crippen LogP contribution >= 0.6 is 23.2 Å². The van der Waals surface area contributed by atoms with Crippen LogP contribution in [-0.4, -0.2) is 9.78 Å². The van der Waals surface area contributed by atoms with Crippen LogP contribution in [0.5, 0.6) is 5.75 Å². The monoisotopic (exact) mass is 285 g/mol. The Balaban J connectivity index is 2.18. The van der Waals surface area contributed by atoms with Gasteiger partial charge in [0.25, 0.3) is 0 Å². The summed E-state index contributed by atoms with van der Waals surface area (Å²) in [6.07, 6.45) is 0. The first-order chi connectivity index (χ1) is 8.47. The molecule has 6 heteroatoms. The zero-order valence-electron chi connectivity index (χ0n) is 10.1. The van der Waals surface area contributed by atoms with Crippen molar-refractivity contribution in [2.75, 3.05) is 5.73 Å². The summed E-state index contributed by atoms with van der Waals surface area (Å²) >= 11 is 12.1. The number of halogens is 2. The van der Waals surface area contributed by atoms with Crippen LogP contribution < -0.4 is 10.5 Å². The van der Waals surface area contributed by atoms with Crippen molar-refractivity contribution < 1.29 is 4.74 Å². The highest BCUT2D eigenvalue weighted by molar-refractivity contribution is 6.37. The fraction of sp³-hybridized carbons (Fsp3) is 0.250. The largest absolute Gasteiger partial charge is 0.484 e. The molecule has 4 nitrogen and oxygen atoms in total. The lowest BCUT2D eigenvalue weighted by atomic mass is 10.3. The Morgan fingerprint density at radius 3 is 2.39 bits per heavy atom. The Labute approximate surface area is 115 Å². The van der Waals surface area contributed by atoms with Gasteiger partial charge in [0.05, 0.1) is 21.4 Å². The summed E-state index contributed by atoms with van der Waals surface area (Å²) < 4.78 is 7.38. The number of nitrogens with two attached hydrogens (primary N) is 1. The second kappa shape index (κ2) is 5.08. The van der Waals surface area contributed by atoms with E-state index in [1.54, 1.807) is 16.8 Å². The number of nitrogens with zero attached hydrogens (tertiary/aromatic N) is 2. The van der Waals surface area contributed by atoms with Crippen molar-refractivity contribution in [1.82, 2.24) is 9.78 Å². The normalized spacial score (nSPS) is 10.7. The van der Waals surface area contributed by atoms with Crippen molar-refractivity contribution in [2.24, 2.45) is 7.05 Å². The number of benzene rings is 1. The van der Waals surface area contributed by atoms with Crippen LogP contribution in [0.25, 0.3) is 0 Å². The van der Waals surface area contributed by atoms with E-state index in [9.17, 15) is 0 Å². The van der Waals surface area contributed by atoms with Gasteiger partial charge in [-0.1, -0.05) is 23.2 Å². The molecule has 0 bridgehead atoms. The van der Waals surface area contributed by atoms with Gasteiger partial charge in [0.15, 0.2) is 5.75 Å². The van der Waals surface area contributed by atoms with Crippen LogP contribution in [0.15, 0.2) is 18.2 Å². The van der Waals surface area contributed by atoms with Gasteiger partial charge in [-0.05, 0) is 25.1 Å². The molecule has 1 aromatic heterocycles. The third-order valence-electron chi connectivity index (χ3n) is 2.48. The molecule has 96 valence electrons. The zero-order chi connectivity index (χ0) is 13.3. The minimum Gasteiger partial charge on any atom is -0.484 e. The maximum Gasteiger partial charge on any atom is 0.157 e. The van der Waals surface area contributed by atoms with Crippen LogP contribution in [0.3, 0.4) is 0 Å². The summed E-state index contributed by atoms with van der Waals surface area (Å²) in [7, 11) is 1.86. The van der Waals surface area contributed by atoms with Crippen LogP contribution in [-0.2, 0) is 13.7 Å². The number of anilines is 1. The number of aromatic nitrogens is 2. The molecule has 0 fully saturated rings. The highest BCUT2D eigenvalue weighted by Crippen LogP contribution is 2.35. The van der Waals surface area contributed by atoms with E-state index >= 15 is 0 Å². The van der Waals surface area contributed by atoms with Crippen LogP contribution in [0.4, 0.5) is 5.69 Å². The molecule has 2 N–H and O–H groups in total. The lowest BCUT2D eigenvalue weighted by Crippen LogP contribution is -2.03. The molecule has 1 heterocycles. The summed E-state index contributed by atoms with van der Waals surface area (Å²) in [6, 6.07) is 5.16. The van der Waals surface area contributed by atoms with Crippen LogP contribution in [0.2, 0.25) is 10.0 Å². The van der Waals surface area contributed by atoms with Gasteiger partial charge < -0.3 is 10.5 Å². The topological polar surface area (TPSA) is 53.1 Å². The van der Waals surface area contributed by atoms with Gasteiger partial charge in [0.1, 0.15) is 6.61 Å². The van der Waals surface area contributed by atoms with Gasteiger partial charge in [-0.3, -0.25) is 4.68 Å². The highest BCUT2D eigenvalue weighted by Gasteiger charge is 2.10. The third-order valence-corrected chi connectivity index (χ3v) is 3.05. The Hall–Kier alpha value is -1.39. The first-order valence-electron chi connectivity index (χ1n) is 5.34. The molecule has 1 aromatic carbocycles. The quantitative estimate of drug-likeness (QED) is 0.881. The molecule has 0 atom stereocenters. The van der Waals surface area contributed by atoms with Crippen molar-refractivity contribution in [3.05, 3.63) is 39.6 Å². The Morgan fingerprint density at radius 2 is 1.89 bits per heavy atom. The highest BCUT2D eigenvalue weighted by atomic mass is 35.5. The van der Waals surface area contributed by atoms with Gasteiger partial charge in [0.2, 0.25) is 0 Å². The van der Waals surface area contributed by atoms with E-state index < -0.39 is 0 Å². The van der Waals surface area contributed by atoms with Gasteiger partial charge >= 0.3 is 0 Å². The second-order valence-corrected chi connectivity index (χ2v) is 4.82. The van der Waals surface area contributed by atoms with Crippen LogP contribution in [0.1, 0.15) is 11.4 Å². The van der Waals surface area contributed by atoms with Crippen molar-refractivity contribution in [1.29, 1.82) is 0 Å². The minimum absolute atomic E-state index is 0.348. The Morgan fingerprint density at radius 1 is 1.28 bits per heavy atom. The molecule has 0 aliphatic heterocycles. The number of nitrogen functional groups attached to an aromatic ring is 1. The Kier molecular flexibility index (Phi) is 3.68. The molecule has 2 aromatic rings. The summed E-state index contributed by atoms with van der Waals surface area (Å²) in [4.78, 5) is 0. The van der Waals surface area contributed by atoms with Crippen molar-refractivity contribution in [3.8, 4) is 5.75 Å². The van der Waals surface area contributed by atoms with Gasteiger partial charge in [-0.25, -0.2) is 0 Å². The number of hydrogen-bond acceptors (Lipinski definition) is 3. The molecule has 0 radical (unpaired) electrons. The molecule has 2 rings (SSSR count). The predicted octanol–water partition coefficient (Wildman–Crippen LogP) is 3.20. The fourth-order valence-corrected chi connectivity index (χ4v) is 2.28. The number of hydrogen-bond donors (Lipinski definition) is 1. The Bertz CT molecular complexity index is 558. The van der Waals surface area contributed by atoms with E-state index in [-0.39, 0.29) is 0 Å². The minimum atomic E-state index is 0.348. The maximum atomic E-state index is 6.03. The number of aryl methyl sites for hydroxylation is 2. The first kappa shape index (κ1) is 13.1. The fourth-order valence-electron chi connectivity index (χ4n) is 1.66. The van der Waals surface area contributed by atoms with E-state index in [1.165, 1.54) is 0 Å². The summed E-state index contributed by atoms with van der Waals surface area (Å²) in [5, 5.41) is 5.04. The molecule has 0 saturated carbocycles. The smallest absolute Gasteiger partial charge is 0.157 e. The molecular weight excluding hydrogens is 273 g/mol. The lowest BCUT2D eigenvalue weighted by Gasteiger charge is -2.10.